The van der Waals surface area contributed by atoms with Gasteiger partial charge in [0.15, 0.2) is 11.5 Å². The van der Waals surface area contributed by atoms with Crippen LogP contribution in [-0.2, 0) is 19.6 Å². The third kappa shape index (κ3) is 5.69. The van der Waals surface area contributed by atoms with Gasteiger partial charge in [-0.2, -0.15) is 0 Å². The Balaban J connectivity index is 1.40. The van der Waals surface area contributed by atoms with Gasteiger partial charge in [-0.3, -0.25) is 0 Å². The summed E-state index contributed by atoms with van der Waals surface area (Å²) in [5, 5.41) is 5.09. The number of fused-ring (bicyclic) bond motifs is 1. The molecule has 0 aliphatic carbocycles. The summed E-state index contributed by atoms with van der Waals surface area (Å²) in [4.78, 5) is 3.32. The highest BCUT2D eigenvalue weighted by Crippen LogP contribution is 2.38. The summed E-state index contributed by atoms with van der Waals surface area (Å²) in [6.45, 7) is 3.93. The molecule has 2 N–H and O–H groups in total. The van der Waals surface area contributed by atoms with E-state index in [0.717, 1.165) is 28.5 Å². The van der Waals surface area contributed by atoms with E-state index in [1.165, 1.54) is 17.0 Å². The van der Waals surface area contributed by atoms with Crippen molar-refractivity contribution >= 4 is 38.4 Å². The van der Waals surface area contributed by atoms with E-state index in [2.05, 4.69) is 50.6 Å². The van der Waals surface area contributed by atoms with Crippen molar-refractivity contribution in [2.75, 3.05) is 13.2 Å². The van der Waals surface area contributed by atoms with Gasteiger partial charge in [0.25, 0.3) is 0 Å². The second-order valence-electron chi connectivity index (χ2n) is 7.61. The molecule has 7 heteroatoms. The molecule has 0 saturated heterocycles. The van der Waals surface area contributed by atoms with Gasteiger partial charge in [0.2, 0.25) is 0 Å². The van der Waals surface area contributed by atoms with Gasteiger partial charge in [0.1, 0.15) is 12.4 Å². The number of halogens is 3. The number of hydrogen-bond donors (Lipinski definition) is 2. The quantitative estimate of drug-likeness (QED) is 0.216. The smallest absolute Gasteiger partial charge is 0.175 e. The molecule has 0 aliphatic rings. The van der Waals surface area contributed by atoms with Gasteiger partial charge in [-0.25, -0.2) is 4.39 Å². The molecule has 0 amide bonds. The Kier molecular flexibility index (Phi) is 7.91. The van der Waals surface area contributed by atoms with Gasteiger partial charge in [-0.1, -0.05) is 35.9 Å². The number of H-pyrrole nitrogens is 1. The Hall–Kier alpha value is -2.54. The van der Waals surface area contributed by atoms with Crippen LogP contribution in [0.2, 0.25) is 5.02 Å². The number of aromatic nitrogens is 1. The minimum Gasteiger partial charge on any atom is -0.490 e. The average Bonchev–Trinajstić information content (AvgIpc) is 3.21. The summed E-state index contributed by atoms with van der Waals surface area (Å²) < 4.78 is 26.6. The molecule has 0 bridgehead atoms. The summed E-state index contributed by atoms with van der Waals surface area (Å²) >= 11 is 9.71. The molecule has 4 nitrogen and oxygen atoms in total. The van der Waals surface area contributed by atoms with E-state index in [1.807, 2.05) is 25.1 Å². The van der Waals surface area contributed by atoms with Crippen molar-refractivity contribution < 1.29 is 13.9 Å². The lowest BCUT2D eigenvalue weighted by molar-refractivity contribution is 0.264. The fraction of sp³-hybridized carbons (Fsp3) is 0.231. The predicted octanol–water partition coefficient (Wildman–Crippen LogP) is 7.03. The average molecular weight is 532 g/mol. The van der Waals surface area contributed by atoms with Crippen molar-refractivity contribution in [3.05, 3.63) is 92.8 Å². The van der Waals surface area contributed by atoms with Crippen LogP contribution in [-0.4, -0.2) is 18.1 Å². The normalized spacial score (nSPS) is 11.2. The van der Waals surface area contributed by atoms with Gasteiger partial charge in [-0.15, -0.1) is 0 Å². The van der Waals surface area contributed by atoms with Crippen LogP contribution in [0.3, 0.4) is 0 Å². The second kappa shape index (κ2) is 11.1. The lowest BCUT2D eigenvalue weighted by Gasteiger charge is -2.16. The van der Waals surface area contributed by atoms with E-state index in [4.69, 9.17) is 21.1 Å². The third-order valence-electron chi connectivity index (χ3n) is 5.37. The number of aromatic amines is 1. The van der Waals surface area contributed by atoms with E-state index in [-0.39, 0.29) is 6.61 Å². The zero-order valence-electron chi connectivity index (χ0n) is 18.3. The van der Waals surface area contributed by atoms with E-state index in [0.29, 0.717) is 35.2 Å². The number of benzene rings is 3. The fourth-order valence-electron chi connectivity index (χ4n) is 3.74. The first-order valence-electron chi connectivity index (χ1n) is 10.8. The van der Waals surface area contributed by atoms with Gasteiger partial charge in [0.05, 0.1) is 16.1 Å². The highest BCUT2D eigenvalue weighted by atomic mass is 79.9. The van der Waals surface area contributed by atoms with Gasteiger partial charge in [0, 0.05) is 29.2 Å². The van der Waals surface area contributed by atoms with Crippen LogP contribution in [0.1, 0.15) is 23.6 Å². The Morgan fingerprint density at radius 3 is 2.76 bits per heavy atom. The summed E-state index contributed by atoms with van der Waals surface area (Å²) in [7, 11) is 0. The van der Waals surface area contributed by atoms with Crippen LogP contribution in [0.5, 0.6) is 11.5 Å². The minimum atomic E-state index is -0.396. The maximum absolute atomic E-state index is 14.1. The molecule has 1 heterocycles. The molecule has 172 valence electrons. The first-order chi connectivity index (χ1) is 16.1. The lowest BCUT2D eigenvalue weighted by Crippen LogP contribution is -2.16. The number of ether oxygens (including phenoxy) is 2. The van der Waals surface area contributed by atoms with Crippen LogP contribution in [0, 0.1) is 5.82 Å². The van der Waals surface area contributed by atoms with Crippen LogP contribution in [0.25, 0.3) is 10.9 Å². The molecule has 1 aromatic heterocycles. The molecule has 0 unspecified atom stereocenters. The number of nitrogens with one attached hydrogen (secondary N) is 2. The number of para-hydroxylation sites is 1. The molecule has 4 rings (SSSR count). The maximum Gasteiger partial charge on any atom is 0.175 e. The molecule has 0 radical (unpaired) electrons. The van der Waals surface area contributed by atoms with Crippen LogP contribution in [0.4, 0.5) is 4.39 Å². The Morgan fingerprint density at radius 2 is 1.94 bits per heavy atom. The molecule has 0 spiro atoms. The standard InChI is InChI=1S/C26H25BrClFN2O2/c1-2-32-25-13-17(14-30-11-10-18-15-31-24-9-4-3-6-19(18)24)12-21(27)26(25)33-16-20-22(28)7-5-8-23(20)29/h3-9,12-13,15,30-31H,2,10-11,14,16H2,1H3. The van der Waals surface area contributed by atoms with Gasteiger partial charge >= 0.3 is 0 Å². The largest absolute Gasteiger partial charge is 0.490 e. The monoisotopic (exact) mass is 530 g/mol. The first-order valence-corrected chi connectivity index (χ1v) is 12.0. The van der Waals surface area contributed by atoms with Crippen molar-refractivity contribution in [3.8, 4) is 11.5 Å². The zero-order valence-corrected chi connectivity index (χ0v) is 20.6. The van der Waals surface area contributed by atoms with Crippen molar-refractivity contribution in [3.63, 3.8) is 0 Å². The molecule has 0 saturated carbocycles. The highest BCUT2D eigenvalue weighted by molar-refractivity contribution is 9.10. The number of hydrogen-bond acceptors (Lipinski definition) is 3. The van der Waals surface area contributed by atoms with Crippen molar-refractivity contribution in [1.29, 1.82) is 0 Å². The molecule has 3 aromatic carbocycles. The molecule has 0 fully saturated rings. The summed E-state index contributed by atoms with van der Waals surface area (Å²) in [5.41, 5.74) is 3.83. The van der Waals surface area contributed by atoms with E-state index < -0.39 is 5.82 Å². The molecular formula is C26H25BrClFN2O2. The molecule has 4 aromatic rings. The molecule has 33 heavy (non-hydrogen) atoms. The van der Waals surface area contributed by atoms with Crippen LogP contribution >= 0.6 is 27.5 Å². The summed E-state index contributed by atoms with van der Waals surface area (Å²) in [5.74, 6) is 0.735. The first kappa shape index (κ1) is 23.6. The predicted molar refractivity (Wildman–Crippen MR) is 135 cm³/mol. The van der Waals surface area contributed by atoms with E-state index in [9.17, 15) is 4.39 Å². The molecular weight excluding hydrogens is 507 g/mol. The zero-order chi connectivity index (χ0) is 23.2. The lowest BCUT2D eigenvalue weighted by atomic mass is 10.1. The SMILES string of the molecule is CCOc1cc(CNCCc2c[nH]c3ccccc23)cc(Br)c1OCc1c(F)cccc1Cl. The van der Waals surface area contributed by atoms with E-state index >= 15 is 0 Å². The van der Waals surface area contributed by atoms with Gasteiger partial charge in [-0.05, 0) is 77.3 Å². The summed E-state index contributed by atoms with van der Waals surface area (Å²) in [6.07, 6.45) is 3.00. The maximum atomic E-state index is 14.1. The Morgan fingerprint density at radius 1 is 1.09 bits per heavy atom. The topological polar surface area (TPSA) is 46.3 Å². The molecule has 0 aliphatic heterocycles. The van der Waals surface area contributed by atoms with Crippen molar-refractivity contribution in [2.45, 2.75) is 26.5 Å². The van der Waals surface area contributed by atoms with Gasteiger partial charge < -0.3 is 19.8 Å². The Bertz CT molecular complexity index is 1220. The second-order valence-corrected chi connectivity index (χ2v) is 8.87. The van der Waals surface area contributed by atoms with Crippen LogP contribution < -0.4 is 14.8 Å². The minimum absolute atomic E-state index is 0.00635. The van der Waals surface area contributed by atoms with Crippen LogP contribution in [0.15, 0.2) is 65.3 Å². The van der Waals surface area contributed by atoms with Crippen molar-refractivity contribution in [1.82, 2.24) is 10.3 Å². The summed E-state index contributed by atoms with van der Waals surface area (Å²) in [6, 6.07) is 16.8. The fourth-order valence-corrected chi connectivity index (χ4v) is 4.56. The van der Waals surface area contributed by atoms with Crippen molar-refractivity contribution in [2.24, 2.45) is 0 Å². The highest BCUT2D eigenvalue weighted by Gasteiger charge is 2.15. The molecule has 0 atom stereocenters. The third-order valence-corrected chi connectivity index (χ3v) is 6.31. The number of rotatable bonds is 10. The Labute approximate surface area is 206 Å². The van der Waals surface area contributed by atoms with E-state index in [1.54, 1.807) is 12.1 Å².